The number of nitrogens with zero attached hydrogens (tertiary/aromatic N) is 3. The third-order valence-electron chi connectivity index (χ3n) is 3.26. The lowest BCUT2D eigenvalue weighted by atomic mass is 10.3. The third-order valence-corrected chi connectivity index (χ3v) is 3.26. The van der Waals surface area contributed by atoms with E-state index in [0.717, 1.165) is 62.2 Å². The summed E-state index contributed by atoms with van der Waals surface area (Å²) >= 11 is 0. The number of aromatic nitrogens is 2. The SMILES string of the molecule is CCCNc1nc(C)nc(NCCN(C)CCOC)c1C. The van der Waals surface area contributed by atoms with Crippen molar-refractivity contribution < 1.29 is 4.74 Å². The molecular weight excluding hydrogens is 266 g/mol. The summed E-state index contributed by atoms with van der Waals surface area (Å²) in [6.45, 7) is 10.5. The van der Waals surface area contributed by atoms with Crippen LogP contribution in [-0.2, 0) is 4.74 Å². The van der Waals surface area contributed by atoms with Crippen LogP contribution in [0.1, 0.15) is 24.7 Å². The van der Waals surface area contributed by atoms with Crippen LogP contribution < -0.4 is 10.6 Å². The van der Waals surface area contributed by atoms with Crippen molar-refractivity contribution in [3.8, 4) is 0 Å². The first kappa shape index (κ1) is 17.7. The molecule has 0 aliphatic carbocycles. The van der Waals surface area contributed by atoms with E-state index >= 15 is 0 Å². The molecule has 0 saturated carbocycles. The summed E-state index contributed by atoms with van der Waals surface area (Å²) in [5, 5.41) is 6.76. The minimum atomic E-state index is 0.757. The highest BCUT2D eigenvalue weighted by atomic mass is 16.5. The summed E-state index contributed by atoms with van der Waals surface area (Å²) in [5.41, 5.74) is 1.08. The van der Waals surface area contributed by atoms with E-state index < -0.39 is 0 Å². The van der Waals surface area contributed by atoms with Crippen LogP contribution in [0, 0.1) is 13.8 Å². The van der Waals surface area contributed by atoms with Crippen LogP contribution in [0.5, 0.6) is 0 Å². The van der Waals surface area contributed by atoms with Crippen LogP contribution in [0.4, 0.5) is 11.6 Å². The van der Waals surface area contributed by atoms with Crippen molar-refractivity contribution in [2.75, 3.05) is 57.6 Å². The normalized spacial score (nSPS) is 11.0. The molecule has 0 amide bonds. The van der Waals surface area contributed by atoms with Crippen LogP contribution in [0.15, 0.2) is 0 Å². The number of aryl methyl sites for hydroxylation is 1. The van der Waals surface area contributed by atoms with Gasteiger partial charge in [0.15, 0.2) is 0 Å². The number of hydrogen-bond acceptors (Lipinski definition) is 6. The molecule has 0 aromatic carbocycles. The fourth-order valence-electron chi connectivity index (χ4n) is 1.94. The van der Waals surface area contributed by atoms with Gasteiger partial charge in [-0.25, -0.2) is 9.97 Å². The number of methoxy groups -OCH3 is 1. The van der Waals surface area contributed by atoms with Gasteiger partial charge in [0.2, 0.25) is 0 Å². The maximum atomic E-state index is 5.07. The second kappa shape index (κ2) is 9.52. The Kier molecular flexibility index (Phi) is 8.00. The Bertz CT molecular complexity index is 425. The number of ether oxygens (including phenoxy) is 1. The van der Waals surface area contributed by atoms with Gasteiger partial charge in [-0.05, 0) is 27.3 Å². The number of nitrogens with one attached hydrogen (secondary N) is 2. The van der Waals surface area contributed by atoms with Crippen molar-refractivity contribution in [1.82, 2.24) is 14.9 Å². The molecule has 0 aliphatic rings. The largest absolute Gasteiger partial charge is 0.383 e. The lowest BCUT2D eigenvalue weighted by Gasteiger charge is -2.18. The Morgan fingerprint density at radius 3 is 2.24 bits per heavy atom. The van der Waals surface area contributed by atoms with Crippen molar-refractivity contribution in [2.24, 2.45) is 0 Å². The summed E-state index contributed by atoms with van der Waals surface area (Å²) < 4.78 is 5.07. The fourth-order valence-corrected chi connectivity index (χ4v) is 1.94. The zero-order chi connectivity index (χ0) is 15.7. The predicted molar refractivity (Wildman–Crippen MR) is 88.1 cm³/mol. The second-order valence-corrected chi connectivity index (χ2v) is 5.24. The molecule has 0 spiro atoms. The molecule has 0 atom stereocenters. The highest BCUT2D eigenvalue weighted by molar-refractivity contribution is 5.57. The molecule has 6 heteroatoms. The lowest BCUT2D eigenvalue weighted by Crippen LogP contribution is -2.28. The fraction of sp³-hybridized carbons (Fsp3) is 0.733. The minimum absolute atomic E-state index is 0.757. The van der Waals surface area contributed by atoms with Gasteiger partial charge in [0.1, 0.15) is 17.5 Å². The van der Waals surface area contributed by atoms with E-state index in [0.29, 0.717) is 0 Å². The average molecular weight is 295 g/mol. The Morgan fingerprint density at radius 2 is 1.67 bits per heavy atom. The van der Waals surface area contributed by atoms with Crippen molar-refractivity contribution in [3.05, 3.63) is 11.4 Å². The van der Waals surface area contributed by atoms with E-state index in [2.05, 4.69) is 46.4 Å². The van der Waals surface area contributed by atoms with Gasteiger partial charge in [-0.15, -0.1) is 0 Å². The van der Waals surface area contributed by atoms with Gasteiger partial charge in [-0.1, -0.05) is 6.92 Å². The summed E-state index contributed by atoms with van der Waals surface area (Å²) in [7, 11) is 3.82. The molecule has 6 nitrogen and oxygen atoms in total. The van der Waals surface area contributed by atoms with Crippen molar-refractivity contribution >= 4 is 11.6 Å². The van der Waals surface area contributed by atoms with Crippen LogP contribution in [0.2, 0.25) is 0 Å². The van der Waals surface area contributed by atoms with Gasteiger partial charge in [0.05, 0.1) is 6.61 Å². The number of rotatable bonds is 10. The zero-order valence-electron chi connectivity index (χ0n) is 14.0. The molecule has 120 valence electrons. The molecule has 1 aromatic rings. The first-order chi connectivity index (χ1) is 10.1. The topological polar surface area (TPSA) is 62.3 Å². The molecule has 0 radical (unpaired) electrons. The molecule has 1 aromatic heterocycles. The van der Waals surface area contributed by atoms with Gasteiger partial charge in [-0.2, -0.15) is 0 Å². The molecule has 2 N–H and O–H groups in total. The summed E-state index contributed by atoms with van der Waals surface area (Å²) in [6.07, 6.45) is 1.08. The van der Waals surface area contributed by atoms with Gasteiger partial charge < -0.3 is 20.3 Å². The summed E-state index contributed by atoms with van der Waals surface area (Å²) in [5.74, 6) is 2.63. The molecule has 0 fully saturated rings. The summed E-state index contributed by atoms with van der Waals surface area (Å²) in [4.78, 5) is 11.2. The highest BCUT2D eigenvalue weighted by Crippen LogP contribution is 2.19. The van der Waals surface area contributed by atoms with E-state index in [4.69, 9.17) is 4.74 Å². The van der Waals surface area contributed by atoms with E-state index in [1.54, 1.807) is 7.11 Å². The molecule has 0 aliphatic heterocycles. The number of hydrogen-bond donors (Lipinski definition) is 2. The molecule has 0 bridgehead atoms. The molecule has 0 saturated heterocycles. The van der Waals surface area contributed by atoms with Crippen LogP contribution in [-0.4, -0.2) is 61.8 Å². The zero-order valence-corrected chi connectivity index (χ0v) is 14.0. The lowest BCUT2D eigenvalue weighted by molar-refractivity contribution is 0.163. The summed E-state index contributed by atoms with van der Waals surface area (Å²) in [6, 6.07) is 0. The average Bonchev–Trinajstić information content (AvgIpc) is 2.46. The first-order valence-corrected chi connectivity index (χ1v) is 7.59. The Labute approximate surface area is 128 Å². The first-order valence-electron chi connectivity index (χ1n) is 7.59. The monoisotopic (exact) mass is 295 g/mol. The Morgan fingerprint density at radius 1 is 1.05 bits per heavy atom. The van der Waals surface area contributed by atoms with Gasteiger partial charge in [-0.3, -0.25) is 0 Å². The standard InChI is InChI=1S/C15H29N5O/c1-6-7-16-14-12(2)15(19-13(3)18-14)17-8-9-20(4)10-11-21-5/h6-11H2,1-5H3,(H2,16,17,18,19). The van der Waals surface area contributed by atoms with Crippen LogP contribution in [0.25, 0.3) is 0 Å². The van der Waals surface area contributed by atoms with E-state index in [1.807, 2.05) is 6.92 Å². The van der Waals surface area contributed by atoms with E-state index in [-0.39, 0.29) is 0 Å². The molecule has 1 heterocycles. The van der Waals surface area contributed by atoms with Gasteiger partial charge in [0, 0.05) is 38.9 Å². The minimum Gasteiger partial charge on any atom is -0.383 e. The van der Waals surface area contributed by atoms with E-state index in [1.165, 1.54) is 0 Å². The number of anilines is 2. The molecule has 1 rings (SSSR count). The van der Waals surface area contributed by atoms with Crippen LogP contribution >= 0.6 is 0 Å². The molecular formula is C15H29N5O. The van der Waals surface area contributed by atoms with Crippen LogP contribution in [0.3, 0.4) is 0 Å². The van der Waals surface area contributed by atoms with Crippen molar-refractivity contribution in [3.63, 3.8) is 0 Å². The Balaban J connectivity index is 2.56. The third kappa shape index (κ3) is 6.27. The predicted octanol–water partition coefficient (Wildman–Crippen LogP) is 1.91. The number of likely N-dealkylation sites (N-methyl/N-ethyl adjacent to an activating group) is 1. The van der Waals surface area contributed by atoms with Gasteiger partial charge >= 0.3 is 0 Å². The second-order valence-electron chi connectivity index (χ2n) is 5.24. The van der Waals surface area contributed by atoms with E-state index in [9.17, 15) is 0 Å². The Hall–Kier alpha value is -1.40. The smallest absolute Gasteiger partial charge is 0.134 e. The maximum Gasteiger partial charge on any atom is 0.134 e. The van der Waals surface area contributed by atoms with Crippen molar-refractivity contribution in [1.29, 1.82) is 0 Å². The molecule has 21 heavy (non-hydrogen) atoms. The maximum absolute atomic E-state index is 5.07. The van der Waals surface area contributed by atoms with Gasteiger partial charge in [0.25, 0.3) is 0 Å². The quantitative estimate of drug-likeness (QED) is 0.687. The molecule has 0 unspecified atom stereocenters. The highest BCUT2D eigenvalue weighted by Gasteiger charge is 2.08. The van der Waals surface area contributed by atoms with Crippen molar-refractivity contribution in [2.45, 2.75) is 27.2 Å².